The van der Waals surface area contributed by atoms with E-state index in [2.05, 4.69) is 50.8 Å². The van der Waals surface area contributed by atoms with Crippen molar-refractivity contribution in [1.82, 2.24) is 50.7 Å². The average molecular weight is 1470 g/mol. The number of hydrazine groups is 1. The predicted molar refractivity (Wildman–Crippen MR) is 391 cm³/mol. The topological polar surface area (TPSA) is 369 Å². The van der Waals surface area contributed by atoms with Gasteiger partial charge in [-0.05, 0) is 95.2 Å². The van der Waals surface area contributed by atoms with Gasteiger partial charge in [0.1, 0.15) is 45.6 Å². The molecule has 2 aliphatic heterocycles. The molecule has 9 N–H and O–H groups in total. The Morgan fingerprint density at radius 1 is 0.584 bits per heavy atom. The molecular formula is C70H100Cl3FN14O13. The lowest BCUT2D eigenvalue weighted by molar-refractivity contribution is -0.142. The van der Waals surface area contributed by atoms with Crippen molar-refractivity contribution in [3.05, 3.63) is 161 Å². The summed E-state index contributed by atoms with van der Waals surface area (Å²) >= 11 is 16.9. The Morgan fingerprint density at radius 3 is 1.34 bits per heavy atom. The number of methoxy groups -OCH3 is 5. The number of benzene rings is 1. The van der Waals surface area contributed by atoms with Gasteiger partial charge in [-0.1, -0.05) is 38.6 Å². The molecule has 0 bridgehead atoms. The van der Waals surface area contributed by atoms with Crippen LogP contribution in [0.4, 0.5) is 16.5 Å². The molecule has 101 heavy (non-hydrogen) atoms. The normalized spacial score (nSPS) is 11.2. The zero-order valence-electron chi connectivity index (χ0n) is 59.1. The molecule has 27 nitrogen and oxygen atoms in total. The summed E-state index contributed by atoms with van der Waals surface area (Å²) in [6.07, 6.45) is 9.01. The van der Waals surface area contributed by atoms with Crippen molar-refractivity contribution in [2.24, 2.45) is 11.6 Å². The number of Topliss-reactive ketones (excluding diaryl/α,β-unsaturated/α-hetero) is 1. The lowest BCUT2D eigenvalue weighted by Gasteiger charge is -2.29. The summed E-state index contributed by atoms with van der Waals surface area (Å²) in [6, 6.07) is 6.86. The standard InChI is InChI=1S/C17H16N2O3.C16H18ClN5O2.C13H20N2O3.C9H12ClNO.C9H14N2O.C4H7ClO2.2CH4.FH.H4N2O/c1-10-8-18-14(11(2)15(10)22-3)9-19-16(20)12-6-4-5-7-13(12)17(19)21;1-8-5-19-12(9(2)13(8)24-3)7-22-6-10(23)4-11-14(17)20-16(18)21-15(11)22;1-5-18-12(16)8-14-7-11-10(3)13(17-4)9(2)6-15-11;2*1-6-5-11-8(4-10)7(2)9(6)12-3;1-2-7-4(6)3-5;;;;1-2-3/h4-8H,9H2,1-3H3;5H,4,6-7H2,1-3H3,(H2,18,20,21);6,14H,5,7-8H2,1-4H3;5H,4H2,1-3H3;5H,4,10H2,1-3H3;2-3H2,1H3;2*1H4;1H;2-3H,1H2. The number of halogens is 4. The van der Waals surface area contributed by atoms with Gasteiger partial charge >= 0.3 is 11.9 Å². The third-order valence-corrected chi connectivity index (χ3v) is 15.7. The fourth-order valence-corrected chi connectivity index (χ4v) is 10.7. The largest absolute Gasteiger partial charge is 0.496 e. The van der Waals surface area contributed by atoms with Crippen molar-refractivity contribution in [2.75, 3.05) is 78.4 Å². The van der Waals surface area contributed by atoms with E-state index in [0.29, 0.717) is 66.9 Å². The van der Waals surface area contributed by atoms with Gasteiger partial charge < -0.3 is 60.0 Å². The smallest absolute Gasteiger partial charge is 0.320 e. The van der Waals surface area contributed by atoms with E-state index in [9.17, 15) is 24.0 Å². The van der Waals surface area contributed by atoms with Crippen LogP contribution in [-0.4, -0.2) is 142 Å². The highest BCUT2D eigenvalue weighted by molar-refractivity contribution is 6.31. The lowest BCUT2D eigenvalue weighted by Crippen LogP contribution is -2.37. The Hall–Kier alpha value is -9.00. The molecule has 8 heterocycles. The molecule has 0 radical (unpaired) electrons. The number of pyridine rings is 5. The van der Waals surface area contributed by atoms with Gasteiger partial charge in [-0.25, -0.2) is 10.8 Å². The van der Waals surface area contributed by atoms with Crippen LogP contribution >= 0.6 is 34.8 Å². The number of nitrogens with two attached hydrogens (primary N) is 3. The number of nitrogens with zero attached hydrogens (tertiary/aromatic N) is 9. The van der Waals surface area contributed by atoms with Crippen molar-refractivity contribution in [2.45, 2.75) is 136 Å². The van der Waals surface area contributed by atoms with Gasteiger partial charge in [0.25, 0.3) is 11.8 Å². The Balaban J connectivity index is 0.00000121. The first kappa shape index (κ1) is 92.0. The van der Waals surface area contributed by atoms with Crippen LogP contribution in [-0.2, 0) is 62.3 Å². The number of carbonyl (C=O) groups is 5. The minimum absolute atomic E-state index is 0. The number of alkyl halides is 2. The minimum atomic E-state index is -0.357. The van der Waals surface area contributed by atoms with Crippen LogP contribution in [0.3, 0.4) is 0 Å². The predicted octanol–water partition coefficient (Wildman–Crippen LogP) is 10.4. The first-order valence-corrected chi connectivity index (χ1v) is 32.0. The summed E-state index contributed by atoms with van der Waals surface area (Å²) in [5.41, 5.74) is 28.0. The molecular weight excluding hydrogens is 1370 g/mol. The third-order valence-electron chi connectivity index (χ3n) is 14.9. The molecule has 6 aromatic heterocycles. The van der Waals surface area contributed by atoms with Gasteiger partial charge in [-0.2, -0.15) is 4.98 Å². The molecule has 0 atom stereocenters. The summed E-state index contributed by atoms with van der Waals surface area (Å²) in [6.45, 7) is 25.8. The van der Waals surface area contributed by atoms with Gasteiger partial charge in [0.15, 0.2) is 5.78 Å². The number of esters is 2. The van der Waals surface area contributed by atoms with E-state index < -0.39 is 0 Å². The first-order chi connectivity index (χ1) is 46.7. The zero-order valence-corrected chi connectivity index (χ0v) is 61.4. The molecule has 2 amide bonds. The van der Waals surface area contributed by atoms with Crippen molar-refractivity contribution >= 4 is 76.1 Å². The van der Waals surface area contributed by atoms with Crippen molar-refractivity contribution in [1.29, 1.82) is 0 Å². The molecule has 9 rings (SSSR count). The molecule has 31 heteroatoms. The van der Waals surface area contributed by atoms with E-state index in [-0.39, 0.29) is 92.1 Å². The number of ether oxygens (including phenoxy) is 7. The van der Waals surface area contributed by atoms with E-state index in [1.165, 1.54) is 10.5 Å². The summed E-state index contributed by atoms with van der Waals surface area (Å²) in [4.78, 5) is 90.9. The Morgan fingerprint density at radius 2 is 0.950 bits per heavy atom. The second-order valence-corrected chi connectivity index (χ2v) is 22.4. The summed E-state index contributed by atoms with van der Waals surface area (Å²) in [5, 5.41) is 10.3. The number of nitrogens with one attached hydrogen (secondary N) is 2. The van der Waals surface area contributed by atoms with Crippen LogP contribution in [0.5, 0.6) is 28.7 Å². The number of hydrogen-bond acceptors (Lipinski definition) is 26. The maximum atomic E-state index is 12.4. The van der Waals surface area contributed by atoms with E-state index in [1.807, 2.05) is 74.1 Å². The van der Waals surface area contributed by atoms with Crippen LogP contribution < -0.4 is 56.8 Å². The number of rotatable bonds is 18. The molecule has 7 aromatic rings. The third kappa shape index (κ3) is 25.8. The number of aromatic nitrogens is 7. The molecule has 2 aliphatic rings. The van der Waals surface area contributed by atoms with Gasteiger partial charge in [0.2, 0.25) is 5.95 Å². The van der Waals surface area contributed by atoms with Crippen LogP contribution in [0.25, 0.3) is 0 Å². The Labute approximate surface area is 607 Å². The number of nitrogen functional groups attached to an aromatic ring is 1. The molecule has 0 spiro atoms. The maximum Gasteiger partial charge on any atom is 0.320 e. The van der Waals surface area contributed by atoms with Crippen molar-refractivity contribution < 1.29 is 67.0 Å². The first-order valence-electron chi connectivity index (χ1n) is 30.6. The minimum Gasteiger partial charge on any atom is -0.496 e. The molecule has 0 saturated heterocycles. The number of imide groups is 1. The fourth-order valence-electron chi connectivity index (χ4n) is 10.1. The lowest BCUT2D eigenvalue weighted by atomic mass is 10.0. The van der Waals surface area contributed by atoms with Gasteiger partial charge in [-0.3, -0.25) is 58.5 Å². The maximum absolute atomic E-state index is 12.4. The summed E-state index contributed by atoms with van der Waals surface area (Å²) < 4.78 is 35.8. The van der Waals surface area contributed by atoms with E-state index >= 15 is 0 Å². The number of amides is 2. The quantitative estimate of drug-likeness (QED) is 0.0116. The van der Waals surface area contributed by atoms with Crippen LogP contribution in [0, 0.1) is 69.2 Å². The SMILES string of the molecule is C.C.CCOC(=O)CCl.CCOC(=O)CNCc1ncc(C)c(OC)c1C.COc1c(C)cnc(CCl)c1C.COc1c(C)cnc(CN)c1C.COc1c(C)cnc(CN2C(=O)c3ccccc3C2=O)c1C.COc1c(C)cnc(CN2CC(=O)Cc3c(Cl)nc(N)nc32)c1C.F.NNO. The van der Waals surface area contributed by atoms with Gasteiger partial charge in [-0.15, -0.1) is 28.8 Å². The van der Waals surface area contributed by atoms with Crippen molar-refractivity contribution in [3.63, 3.8) is 0 Å². The number of ketones is 1. The fraction of sp³-hybridized carbons (Fsp3) is 0.429. The Kier molecular flexibility index (Phi) is 42.3. The monoisotopic (exact) mass is 1470 g/mol. The number of carbonyl (C=O) groups excluding carboxylic acids is 5. The van der Waals surface area contributed by atoms with Crippen LogP contribution in [0.15, 0.2) is 55.2 Å². The molecule has 1 aromatic carbocycles. The number of anilines is 2. The zero-order chi connectivity index (χ0) is 73.5. The second-order valence-electron chi connectivity index (χ2n) is 21.5. The van der Waals surface area contributed by atoms with Crippen molar-refractivity contribution in [3.8, 4) is 28.7 Å². The molecule has 0 unspecified atom stereocenters. The Bertz CT molecular complexity index is 3760. The average Bonchev–Trinajstić information content (AvgIpc) is 0.983. The molecule has 556 valence electrons. The number of hydrogen-bond donors (Lipinski definition) is 6. The highest BCUT2D eigenvalue weighted by atomic mass is 35.5. The van der Waals surface area contributed by atoms with E-state index in [1.54, 1.807) is 105 Å². The van der Waals surface area contributed by atoms with E-state index in [0.717, 1.165) is 107 Å². The number of fused-ring (bicyclic) bond motifs is 2. The molecule has 0 aliphatic carbocycles. The van der Waals surface area contributed by atoms with Crippen LogP contribution in [0.1, 0.15) is 139 Å². The molecule has 0 fully saturated rings. The summed E-state index contributed by atoms with van der Waals surface area (Å²) in [7, 11) is 8.20. The van der Waals surface area contributed by atoms with Crippen LogP contribution in [0.2, 0.25) is 5.15 Å². The summed E-state index contributed by atoms with van der Waals surface area (Å²) in [5.74, 6) is 8.26. The van der Waals surface area contributed by atoms with E-state index in [4.69, 9.17) is 79.9 Å². The van der Waals surface area contributed by atoms with Gasteiger partial charge in [0, 0.05) is 112 Å². The highest BCUT2D eigenvalue weighted by Crippen LogP contribution is 2.34. The van der Waals surface area contributed by atoms with Gasteiger partial charge in [0.05, 0.1) is 120 Å². The number of aryl methyl sites for hydroxylation is 5. The molecule has 0 saturated carbocycles. The highest BCUT2D eigenvalue weighted by Gasteiger charge is 2.36. The second kappa shape index (κ2) is 46.4.